The molecule has 0 amide bonds. The highest BCUT2D eigenvalue weighted by Crippen LogP contribution is 2.25. The maximum Gasteiger partial charge on any atom is 0.321 e. The summed E-state index contributed by atoms with van der Waals surface area (Å²) in [4.78, 5) is 13.3. The topological polar surface area (TPSA) is 84.1 Å². The Hall–Kier alpha value is -2.28. The van der Waals surface area contributed by atoms with Gasteiger partial charge in [-0.25, -0.2) is 0 Å². The van der Waals surface area contributed by atoms with Crippen molar-refractivity contribution in [1.29, 1.82) is 0 Å². The summed E-state index contributed by atoms with van der Waals surface area (Å²) in [7, 11) is 0. The molecule has 1 aromatic carbocycles. The molecule has 0 bridgehead atoms. The molecule has 1 aliphatic rings. The first-order valence-corrected chi connectivity index (χ1v) is 6.96. The van der Waals surface area contributed by atoms with Gasteiger partial charge in [0.2, 0.25) is 0 Å². The number of benzene rings is 1. The molecule has 0 radical (unpaired) electrons. The highest BCUT2D eigenvalue weighted by Gasteiger charge is 2.37. The lowest BCUT2D eigenvalue weighted by Gasteiger charge is -2.22. The predicted octanol–water partition coefficient (Wildman–Crippen LogP) is 0.957. The van der Waals surface area contributed by atoms with Gasteiger partial charge in [0.15, 0.2) is 5.82 Å². The van der Waals surface area contributed by atoms with E-state index in [1.165, 1.54) is 0 Å². The van der Waals surface area contributed by atoms with Crippen LogP contribution in [0.3, 0.4) is 0 Å². The van der Waals surface area contributed by atoms with Gasteiger partial charge in [-0.15, -0.1) is 5.10 Å². The zero-order valence-electron chi connectivity index (χ0n) is 11.8. The van der Waals surface area contributed by atoms with E-state index in [9.17, 15) is 9.90 Å². The van der Waals surface area contributed by atoms with E-state index in [1.54, 1.807) is 4.68 Å². The second-order valence-electron chi connectivity index (χ2n) is 5.36. The fourth-order valence-corrected chi connectivity index (χ4v) is 2.86. The molecular weight excluding hydrogens is 270 g/mol. The summed E-state index contributed by atoms with van der Waals surface area (Å²) in [5, 5.41) is 21.1. The Morgan fingerprint density at radius 2 is 2.14 bits per heavy atom. The number of para-hydroxylation sites is 1. The molecule has 0 aliphatic carbocycles. The molecule has 7 nitrogen and oxygen atoms in total. The molecule has 3 rings (SSSR count). The average Bonchev–Trinajstić information content (AvgIpc) is 3.07. The SMILES string of the molecule is CC1CCN(Cc2nnnn2-c2ccccc2)C1C(=O)O. The summed E-state index contributed by atoms with van der Waals surface area (Å²) in [6.45, 7) is 3.15. The zero-order chi connectivity index (χ0) is 14.8. The first-order chi connectivity index (χ1) is 10.2. The van der Waals surface area contributed by atoms with E-state index in [2.05, 4.69) is 15.5 Å². The number of nitrogens with zero attached hydrogens (tertiary/aromatic N) is 5. The molecule has 1 aliphatic heterocycles. The van der Waals surface area contributed by atoms with Crippen LogP contribution < -0.4 is 0 Å². The Balaban J connectivity index is 1.83. The maximum absolute atomic E-state index is 11.4. The van der Waals surface area contributed by atoms with E-state index in [-0.39, 0.29) is 5.92 Å². The van der Waals surface area contributed by atoms with E-state index in [0.717, 1.165) is 18.7 Å². The fraction of sp³-hybridized carbons (Fsp3) is 0.429. The van der Waals surface area contributed by atoms with E-state index in [1.807, 2.05) is 42.2 Å². The summed E-state index contributed by atoms with van der Waals surface area (Å²) < 4.78 is 1.65. The molecule has 2 atom stereocenters. The van der Waals surface area contributed by atoms with Crippen molar-refractivity contribution in [3.63, 3.8) is 0 Å². The van der Waals surface area contributed by atoms with Crippen molar-refractivity contribution in [2.24, 2.45) is 5.92 Å². The third-order valence-corrected chi connectivity index (χ3v) is 3.94. The number of hydrogen-bond acceptors (Lipinski definition) is 5. The Kier molecular flexibility index (Phi) is 3.66. The van der Waals surface area contributed by atoms with Gasteiger partial charge >= 0.3 is 5.97 Å². The number of carbonyl (C=O) groups is 1. The smallest absolute Gasteiger partial charge is 0.321 e. The van der Waals surface area contributed by atoms with Crippen LogP contribution in [0, 0.1) is 5.92 Å². The molecule has 7 heteroatoms. The lowest BCUT2D eigenvalue weighted by Crippen LogP contribution is -2.39. The standard InChI is InChI=1S/C14H17N5O2/c1-10-7-8-18(13(10)14(20)21)9-12-15-16-17-19(12)11-5-3-2-4-6-11/h2-6,10,13H,7-9H2,1H3,(H,20,21). The van der Waals surface area contributed by atoms with Crippen LogP contribution >= 0.6 is 0 Å². The predicted molar refractivity (Wildman–Crippen MR) is 74.8 cm³/mol. The van der Waals surface area contributed by atoms with E-state index < -0.39 is 12.0 Å². The van der Waals surface area contributed by atoms with Crippen molar-refractivity contribution in [3.05, 3.63) is 36.2 Å². The molecule has 2 aromatic rings. The van der Waals surface area contributed by atoms with Gasteiger partial charge in [0.1, 0.15) is 6.04 Å². The van der Waals surface area contributed by atoms with Gasteiger partial charge in [-0.1, -0.05) is 25.1 Å². The number of aliphatic carboxylic acids is 1. The van der Waals surface area contributed by atoms with Gasteiger partial charge in [0.25, 0.3) is 0 Å². The van der Waals surface area contributed by atoms with Crippen molar-refractivity contribution in [3.8, 4) is 5.69 Å². The molecule has 1 saturated heterocycles. The lowest BCUT2D eigenvalue weighted by molar-refractivity contribution is -0.143. The highest BCUT2D eigenvalue weighted by atomic mass is 16.4. The van der Waals surface area contributed by atoms with Crippen molar-refractivity contribution >= 4 is 5.97 Å². The molecule has 1 aromatic heterocycles. The second-order valence-corrected chi connectivity index (χ2v) is 5.36. The van der Waals surface area contributed by atoms with Crippen LogP contribution in [0.1, 0.15) is 19.2 Å². The minimum Gasteiger partial charge on any atom is -0.480 e. The van der Waals surface area contributed by atoms with Gasteiger partial charge in [0.05, 0.1) is 12.2 Å². The number of likely N-dealkylation sites (tertiary alicyclic amines) is 1. The van der Waals surface area contributed by atoms with Crippen LogP contribution in [0.15, 0.2) is 30.3 Å². The molecule has 21 heavy (non-hydrogen) atoms. The molecule has 1 N–H and O–H groups in total. The minimum atomic E-state index is -0.779. The summed E-state index contributed by atoms with van der Waals surface area (Å²) in [6, 6.07) is 9.13. The van der Waals surface area contributed by atoms with Crippen molar-refractivity contribution in [1.82, 2.24) is 25.1 Å². The van der Waals surface area contributed by atoms with Crippen LogP contribution in [0.5, 0.6) is 0 Å². The molecule has 110 valence electrons. The van der Waals surface area contributed by atoms with Gasteiger partial charge in [-0.2, -0.15) is 4.68 Å². The summed E-state index contributed by atoms with van der Waals surface area (Å²) >= 11 is 0. The number of aromatic nitrogens is 4. The van der Waals surface area contributed by atoms with Crippen LogP contribution in [0.25, 0.3) is 5.69 Å². The van der Waals surface area contributed by atoms with Crippen molar-refractivity contribution in [2.45, 2.75) is 25.9 Å². The van der Waals surface area contributed by atoms with Crippen molar-refractivity contribution < 1.29 is 9.90 Å². The van der Waals surface area contributed by atoms with Crippen LogP contribution in [0.4, 0.5) is 0 Å². The molecule has 1 fully saturated rings. The molecule has 0 saturated carbocycles. The number of hydrogen-bond donors (Lipinski definition) is 1. The monoisotopic (exact) mass is 287 g/mol. The van der Waals surface area contributed by atoms with E-state index in [0.29, 0.717) is 12.4 Å². The van der Waals surface area contributed by atoms with Crippen LogP contribution in [-0.4, -0.2) is 48.8 Å². The maximum atomic E-state index is 11.4. The fourth-order valence-electron chi connectivity index (χ4n) is 2.86. The van der Waals surface area contributed by atoms with Gasteiger partial charge < -0.3 is 5.11 Å². The molecule has 2 unspecified atom stereocenters. The summed E-state index contributed by atoms with van der Waals surface area (Å²) in [5.74, 6) is 0.0174. The summed E-state index contributed by atoms with van der Waals surface area (Å²) in [5.41, 5.74) is 0.872. The number of carboxylic acid groups (broad SMARTS) is 1. The van der Waals surface area contributed by atoms with Crippen LogP contribution in [-0.2, 0) is 11.3 Å². The molecular formula is C14H17N5O2. The minimum absolute atomic E-state index is 0.142. The Morgan fingerprint density at radius 1 is 1.38 bits per heavy atom. The average molecular weight is 287 g/mol. The van der Waals surface area contributed by atoms with E-state index in [4.69, 9.17) is 0 Å². The number of tetrazole rings is 1. The highest BCUT2D eigenvalue weighted by molar-refractivity contribution is 5.74. The third kappa shape index (κ3) is 2.64. The zero-order valence-corrected chi connectivity index (χ0v) is 11.8. The Morgan fingerprint density at radius 3 is 2.86 bits per heavy atom. The quantitative estimate of drug-likeness (QED) is 0.901. The molecule has 0 spiro atoms. The number of carboxylic acids is 1. The van der Waals surface area contributed by atoms with Gasteiger partial charge in [-0.05, 0) is 41.4 Å². The third-order valence-electron chi connectivity index (χ3n) is 3.94. The summed E-state index contributed by atoms with van der Waals surface area (Å²) in [6.07, 6.45) is 0.879. The Labute approximate surface area is 122 Å². The lowest BCUT2D eigenvalue weighted by atomic mass is 10.0. The van der Waals surface area contributed by atoms with Gasteiger partial charge in [0, 0.05) is 0 Å². The largest absolute Gasteiger partial charge is 0.480 e. The number of rotatable bonds is 4. The van der Waals surface area contributed by atoms with Crippen molar-refractivity contribution in [2.75, 3.05) is 6.54 Å². The first-order valence-electron chi connectivity index (χ1n) is 6.96. The molecule has 2 heterocycles. The second kappa shape index (κ2) is 5.61. The normalized spacial score (nSPS) is 22.5. The Bertz CT molecular complexity index is 627. The van der Waals surface area contributed by atoms with Crippen LogP contribution in [0.2, 0.25) is 0 Å². The van der Waals surface area contributed by atoms with E-state index >= 15 is 0 Å². The first kappa shape index (κ1) is 13.7. The van der Waals surface area contributed by atoms with Gasteiger partial charge in [-0.3, -0.25) is 9.69 Å².